The van der Waals surface area contributed by atoms with E-state index >= 15 is 0 Å². The monoisotopic (exact) mass is 181 g/mol. The molecule has 1 aromatic heterocycles. The van der Waals surface area contributed by atoms with E-state index in [9.17, 15) is 9.90 Å². The van der Waals surface area contributed by atoms with Crippen molar-refractivity contribution in [1.29, 1.82) is 0 Å². The third kappa shape index (κ3) is 2.83. The lowest BCUT2D eigenvalue weighted by Gasteiger charge is -2.07. The molecule has 1 N–H and O–H groups in total. The number of hydrogen-bond acceptors (Lipinski definition) is 4. The molecular weight excluding hydrogens is 170 g/mol. The van der Waals surface area contributed by atoms with E-state index in [1.165, 1.54) is 7.11 Å². The summed E-state index contributed by atoms with van der Waals surface area (Å²) >= 11 is 0. The summed E-state index contributed by atoms with van der Waals surface area (Å²) in [5.41, 5.74) is 0.855. The number of aliphatic hydroxyl groups excluding tert-OH is 1. The van der Waals surface area contributed by atoms with Gasteiger partial charge in [-0.15, -0.1) is 0 Å². The Morgan fingerprint density at radius 2 is 2.23 bits per heavy atom. The highest BCUT2D eigenvalue weighted by Crippen LogP contribution is 2.02. The van der Waals surface area contributed by atoms with Gasteiger partial charge in [0.2, 0.25) is 0 Å². The average Bonchev–Trinajstić information content (AvgIpc) is 2.18. The van der Waals surface area contributed by atoms with Crippen molar-refractivity contribution in [3.05, 3.63) is 30.1 Å². The summed E-state index contributed by atoms with van der Waals surface area (Å²) in [6, 6.07) is 3.48. The topological polar surface area (TPSA) is 59.4 Å². The minimum absolute atomic E-state index is 0.259. The van der Waals surface area contributed by atoms with Gasteiger partial charge in [0.25, 0.3) is 0 Å². The van der Waals surface area contributed by atoms with E-state index in [1.54, 1.807) is 24.5 Å². The number of carbonyl (C=O) groups excluding carboxylic acids is 1. The number of rotatable bonds is 3. The Balaban J connectivity index is 2.55. The molecule has 1 unspecified atom stereocenters. The summed E-state index contributed by atoms with van der Waals surface area (Å²) < 4.78 is 4.38. The van der Waals surface area contributed by atoms with Crippen molar-refractivity contribution in [1.82, 2.24) is 4.98 Å². The number of nitrogens with zero attached hydrogens (tertiary/aromatic N) is 1. The van der Waals surface area contributed by atoms with Gasteiger partial charge in [-0.25, -0.2) is 4.79 Å². The van der Waals surface area contributed by atoms with E-state index in [0.29, 0.717) is 0 Å². The van der Waals surface area contributed by atoms with Crippen LogP contribution in [0.4, 0.5) is 0 Å². The molecule has 0 saturated carbocycles. The molecule has 0 aromatic carbocycles. The van der Waals surface area contributed by atoms with Gasteiger partial charge in [-0.2, -0.15) is 0 Å². The lowest BCUT2D eigenvalue weighted by atomic mass is 10.1. The minimum atomic E-state index is -1.09. The summed E-state index contributed by atoms with van der Waals surface area (Å²) in [4.78, 5) is 14.6. The summed E-state index contributed by atoms with van der Waals surface area (Å²) in [7, 11) is 1.25. The Bertz CT molecular complexity index is 273. The first kappa shape index (κ1) is 9.67. The number of ether oxygens (including phenoxy) is 1. The molecule has 4 nitrogen and oxygen atoms in total. The molecule has 0 bridgehead atoms. The van der Waals surface area contributed by atoms with Crippen molar-refractivity contribution < 1.29 is 14.6 Å². The van der Waals surface area contributed by atoms with Gasteiger partial charge in [0.05, 0.1) is 7.11 Å². The first-order valence-corrected chi connectivity index (χ1v) is 3.89. The van der Waals surface area contributed by atoms with E-state index in [1.807, 2.05) is 0 Å². The molecule has 13 heavy (non-hydrogen) atoms. The summed E-state index contributed by atoms with van der Waals surface area (Å²) in [6.07, 6.45) is 2.39. The highest BCUT2D eigenvalue weighted by molar-refractivity contribution is 5.74. The van der Waals surface area contributed by atoms with E-state index in [4.69, 9.17) is 0 Å². The molecule has 70 valence electrons. The fraction of sp³-hybridized carbons (Fsp3) is 0.333. The van der Waals surface area contributed by atoms with E-state index in [0.717, 1.165) is 5.56 Å². The molecule has 0 radical (unpaired) electrons. The van der Waals surface area contributed by atoms with E-state index < -0.39 is 12.1 Å². The van der Waals surface area contributed by atoms with Crippen LogP contribution in [0, 0.1) is 0 Å². The van der Waals surface area contributed by atoms with Crippen molar-refractivity contribution >= 4 is 5.97 Å². The molecule has 0 aliphatic heterocycles. The molecule has 0 saturated heterocycles. The molecule has 0 amide bonds. The molecule has 0 fully saturated rings. The van der Waals surface area contributed by atoms with E-state index in [2.05, 4.69) is 9.72 Å². The Hall–Kier alpha value is -1.42. The van der Waals surface area contributed by atoms with Crippen LogP contribution in [0.3, 0.4) is 0 Å². The van der Waals surface area contributed by atoms with E-state index in [-0.39, 0.29) is 6.42 Å². The molecule has 1 heterocycles. The van der Waals surface area contributed by atoms with Crippen LogP contribution in [-0.4, -0.2) is 29.3 Å². The average molecular weight is 181 g/mol. The second-order valence-corrected chi connectivity index (χ2v) is 2.60. The van der Waals surface area contributed by atoms with Gasteiger partial charge in [0.15, 0.2) is 6.10 Å². The molecule has 1 atom stereocenters. The normalized spacial score (nSPS) is 12.2. The fourth-order valence-corrected chi connectivity index (χ4v) is 0.962. The molecule has 1 aromatic rings. The smallest absolute Gasteiger partial charge is 0.335 e. The highest BCUT2D eigenvalue weighted by Gasteiger charge is 2.15. The van der Waals surface area contributed by atoms with Crippen molar-refractivity contribution in [3.63, 3.8) is 0 Å². The third-order valence-corrected chi connectivity index (χ3v) is 1.65. The number of carbonyl (C=O) groups is 1. The highest BCUT2D eigenvalue weighted by atomic mass is 16.5. The number of aliphatic hydroxyl groups is 1. The minimum Gasteiger partial charge on any atom is -0.467 e. The molecule has 0 aliphatic carbocycles. The van der Waals surface area contributed by atoms with Crippen LogP contribution >= 0.6 is 0 Å². The number of pyridine rings is 1. The van der Waals surface area contributed by atoms with Crippen molar-refractivity contribution in [3.8, 4) is 0 Å². The molecule has 0 spiro atoms. The zero-order valence-corrected chi connectivity index (χ0v) is 7.30. The summed E-state index contributed by atoms with van der Waals surface area (Å²) in [5.74, 6) is -0.614. The van der Waals surface area contributed by atoms with Crippen LogP contribution in [0.1, 0.15) is 5.56 Å². The quantitative estimate of drug-likeness (QED) is 0.675. The fourth-order valence-electron chi connectivity index (χ4n) is 0.962. The van der Waals surface area contributed by atoms with Crippen LogP contribution < -0.4 is 0 Å². The van der Waals surface area contributed by atoms with Gasteiger partial charge >= 0.3 is 5.97 Å². The Morgan fingerprint density at radius 1 is 1.62 bits per heavy atom. The SMILES string of the molecule is COC(=O)C(O)Cc1ccncc1. The van der Waals surface area contributed by atoms with Gasteiger partial charge in [-0.05, 0) is 17.7 Å². The van der Waals surface area contributed by atoms with Crippen LogP contribution in [-0.2, 0) is 16.0 Å². The number of hydrogen-bond donors (Lipinski definition) is 1. The number of methoxy groups -OCH3 is 1. The van der Waals surface area contributed by atoms with Gasteiger partial charge in [0.1, 0.15) is 0 Å². The van der Waals surface area contributed by atoms with Crippen LogP contribution in [0.25, 0.3) is 0 Å². The van der Waals surface area contributed by atoms with Gasteiger partial charge in [-0.1, -0.05) is 0 Å². The maximum absolute atomic E-state index is 10.8. The molecule has 4 heteroatoms. The number of aromatic nitrogens is 1. The summed E-state index contributed by atoms with van der Waals surface area (Å²) in [5, 5.41) is 9.28. The Morgan fingerprint density at radius 3 is 2.77 bits per heavy atom. The maximum Gasteiger partial charge on any atom is 0.335 e. The largest absolute Gasteiger partial charge is 0.467 e. The lowest BCUT2D eigenvalue weighted by molar-refractivity contribution is -0.150. The van der Waals surface area contributed by atoms with Crippen LogP contribution in [0.2, 0.25) is 0 Å². The summed E-state index contributed by atoms with van der Waals surface area (Å²) in [6.45, 7) is 0. The zero-order valence-electron chi connectivity index (χ0n) is 7.30. The second kappa shape index (κ2) is 4.57. The van der Waals surface area contributed by atoms with Crippen LogP contribution in [0.15, 0.2) is 24.5 Å². The Kier molecular flexibility index (Phi) is 3.40. The first-order valence-electron chi connectivity index (χ1n) is 3.89. The van der Waals surface area contributed by atoms with Gasteiger partial charge < -0.3 is 9.84 Å². The molecule has 1 rings (SSSR count). The van der Waals surface area contributed by atoms with Gasteiger partial charge in [0, 0.05) is 18.8 Å². The third-order valence-electron chi connectivity index (χ3n) is 1.65. The predicted molar refractivity (Wildman–Crippen MR) is 46.0 cm³/mol. The second-order valence-electron chi connectivity index (χ2n) is 2.60. The zero-order chi connectivity index (χ0) is 9.68. The molecule has 0 aliphatic rings. The Labute approximate surface area is 76.2 Å². The van der Waals surface area contributed by atoms with Crippen molar-refractivity contribution in [2.24, 2.45) is 0 Å². The maximum atomic E-state index is 10.8. The standard InChI is InChI=1S/C9H11NO3/c1-13-9(12)8(11)6-7-2-4-10-5-3-7/h2-5,8,11H,6H2,1H3. The van der Waals surface area contributed by atoms with Crippen LogP contribution in [0.5, 0.6) is 0 Å². The lowest BCUT2D eigenvalue weighted by Crippen LogP contribution is -2.24. The van der Waals surface area contributed by atoms with Crippen molar-refractivity contribution in [2.45, 2.75) is 12.5 Å². The number of esters is 1. The first-order chi connectivity index (χ1) is 6.24. The molecular formula is C9H11NO3. The van der Waals surface area contributed by atoms with Gasteiger partial charge in [-0.3, -0.25) is 4.98 Å². The predicted octanol–water partition coefficient (Wildman–Crippen LogP) is 0.158. The van der Waals surface area contributed by atoms with Crippen molar-refractivity contribution in [2.75, 3.05) is 7.11 Å².